The molecule has 4 atom stereocenters. The van der Waals surface area contributed by atoms with Crippen molar-refractivity contribution in [3.05, 3.63) is 47.8 Å². The van der Waals surface area contributed by atoms with Crippen LogP contribution in [0.2, 0.25) is 0 Å². The molecule has 2 bridgehead atoms. The number of carbonyl (C=O) groups is 2. The van der Waals surface area contributed by atoms with E-state index in [4.69, 9.17) is 0 Å². The molecule has 39 heavy (non-hydrogen) atoms. The minimum Gasteiger partial charge on any atom is -0.465 e. The van der Waals surface area contributed by atoms with Crippen molar-refractivity contribution in [2.45, 2.75) is 69.4 Å². The molecule has 11 nitrogen and oxygen atoms in total. The highest BCUT2D eigenvalue weighted by atomic mass is 19.1. The van der Waals surface area contributed by atoms with E-state index in [1.807, 2.05) is 12.1 Å². The fraction of sp³-hybridized carbons (Fsp3) is 0.444. The number of amides is 2. The molecule has 2 unspecified atom stereocenters. The number of hydrogen-bond donors (Lipinski definition) is 4. The Morgan fingerprint density at radius 1 is 1.23 bits per heavy atom. The molecule has 2 saturated heterocycles. The summed E-state index contributed by atoms with van der Waals surface area (Å²) < 4.78 is 16.0. The van der Waals surface area contributed by atoms with Crippen LogP contribution in [0.15, 0.2) is 36.7 Å². The summed E-state index contributed by atoms with van der Waals surface area (Å²) in [6, 6.07) is 8.87. The molecule has 0 spiro atoms. The Morgan fingerprint density at radius 3 is 2.59 bits per heavy atom. The first-order valence-electron chi connectivity index (χ1n) is 12.9. The summed E-state index contributed by atoms with van der Waals surface area (Å²) >= 11 is 0. The number of carboxylic acid groups (broad SMARTS) is 1. The van der Waals surface area contributed by atoms with E-state index in [0.29, 0.717) is 41.0 Å². The van der Waals surface area contributed by atoms with Crippen LogP contribution in [0.1, 0.15) is 55.5 Å². The number of hydrogen-bond acceptors (Lipinski definition) is 7. The van der Waals surface area contributed by atoms with E-state index in [0.717, 1.165) is 12.8 Å². The smallest absolute Gasteiger partial charge is 0.407 e. The van der Waals surface area contributed by atoms with Crippen LogP contribution < -0.4 is 10.6 Å². The van der Waals surface area contributed by atoms with Gasteiger partial charge in [0.2, 0.25) is 0 Å². The van der Waals surface area contributed by atoms with Crippen molar-refractivity contribution in [2.24, 2.45) is 0 Å². The van der Waals surface area contributed by atoms with Gasteiger partial charge in [-0.25, -0.2) is 13.7 Å². The Balaban J connectivity index is 1.46. The van der Waals surface area contributed by atoms with E-state index in [1.54, 1.807) is 16.6 Å². The van der Waals surface area contributed by atoms with Crippen LogP contribution in [0.3, 0.4) is 0 Å². The summed E-state index contributed by atoms with van der Waals surface area (Å²) in [6.07, 6.45) is 3.08. The highest BCUT2D eigenvalue weighted by Crippen LogP contribution is 2.37. The zero-order chi connectivity index (χ0) is 27.9. The molecule has 2 aliphatic rings. The summed E-state index contributed by atoms with van der Waals surface area (Å²) in [7, 11) is 0. The number of carbonyl (C=O) groups excluding carboxylic acids is 1. The molecule has 0 saturated carbocycles. The van der Waals surface area contributed by atoms with Crippen molar-refractivity contribution in [1.82, 2.24) is 24.8 Å². The number of rotatable bonds is 7. The molecule has 0 aromatic carbocycles. The van der Waals surface area contributed by atoms with Crippen molar-refractivity contribution in [3.63, 3.8) is 0 Å². The molecule has 5 rings (SSSR count). The normalized spacial score (nSPS) is 21.4. The second-order valence-corrected chi connectivity index (χ2v) is 10.7. The molecule has 204 valence electrons. The lowest BCUT2D eigenvalue weighted by Gasteiger charge is -2.38. The fourth-order valence-corrected chi connectivity index (χ4v) is 5.50. The topological polar surface area (TPSA) is 156 Å². The highest BCUT2D eigenvalue weighted by Gasteiger charge is 2.43. The Bertz CT molecular complexity index is 1450. The minimum atomic E-state index is -1.67. The SMILES string of the molecule is CC(C)(O)C(F)CNC(=O)c1cnc(-c2ccc3cc(C#N)cnn23)cc1NC1C[C@H]2CC[C@@H](C1)N2C(=O)O. The first-order chi connectivity index (χ1) is 18.5. The molecular formula is C27H30FN7O4. The van der Waals surface area contributed by atoms with Crippen molar-refractivity contribution in [2.75, 3.05) is 11.9 Å². The van der Waals surface area contributed by atoms with Gasteiger partial charge in [-0.15, -0.1) is 0 Å². The lowest BCUT2D eigenvalue weighted by Crippen LogP contribution is -2.49. The summed E-state index contributed by atoms with van der Waals surface area (Å²) in [5.74, 6) is -0.550. The molecular weight excluding hydrogens is 505 g/mol. The third-order valence-electron chi connectivity index (χ3n) is 7.56. The standard InChI is InChI=1S/C27H30FN7O4/c1-27(2,39)24(28)14-31-25(36)20-13-30-22(23-6-5-19-7-15(11-29)12-32-35(19)23)10-21(20)33-16-8-17-3-4-18(9-16)34(17)26(37)38/h5-7,10,12-13,16-18,24,39H,3-4,8-9,14H2,1-2H3,(H,30,33)(H,31,36)(H,37,38)/t16?,17-,18+,24?. The molecule has 2 amide bonds. The number of anilines is 1. The molecule has 5 heterocycles. The summed E-state index contributed by atoms with van der Waals surface area (Å²) in [6.45, 7) is 2.29. The Hall–Kier alpha value is -4.24. The van der Waals surface area contributed by atoms with Gasteiger partial charge in [-0.05, 0) is 63.8 Å². The number of nitrogens with zero attached hydrogens (tertiary/aromatic N) is 5. The number of pyridine rings is 1. The largest absolute Gasteiger partial charge is 0.465 e. The summed E-state index contributed by atoms with van der Waals surface area (Å²) in [5, 5.41) is 39.0. The molecule has 4 N–H and O–H groups in total. The predicted octanol–water partition coefficient (Wildman–Crippen LogP) is 3.19. The zero-order valence-corrected chi connectivity index (χ0v) is 21.6. The number of nitriles is 1. The van der Waals surface area contributed by atoms with E-state index in [2.05, 4.69) is 26.8 Å². The monoisotopic (exact) mass is 535 g/mol. The molecule has 0 aliphatic carbocycles. The minimum absolute atomic E-state index is 0.0782. The molecule has 3 aromatic heterocycles. The summed E-state index contributed by atoms with van der Waals surface area (Å²) in [4.78, 5) is 30.9. The van der Waals surface area contributed by atoms with Crippen LogP contribution in [0.4, 0.5) is 14.9 Å². The zero-order valence-electron chi connectivity index (χ0n) is 21.6. The average molecular weight is 536 g/mol. The number of halogens is 1. The second-order valence-electron chi connectivity index (χ2n) is 10.7. The van der Waals surface area contributed by atoms with Crippen LogP contribution in [0.5, 0.6) is 0 Å². The number of aromatic nitrogens is 3. The fourth-order valence-electron chi connectivity index (χ4n) is 5.50. The molecule has 0 radical (unpaired) electrons. The maximum atomic E-state index is 14.3. The number of alkyl halides is 1. The van der Waals surface area contributed by atoms with Gasteiger partial charge in [0.15, 0.2) is 0 Å². The van der Waals surface area contributed by atoms with E-state index >= 15 is 0 Å². The van der Waals surface area contributed by atoms with E-state index in [9.17, 15) is 29.5 Å². The van der Waals surface area contributed by atoms with Gasteiger partial charge < -0.3 is 25.7 Å². The molecule has 3 aromatic rings. The van der Waals surface area contributed by atoms with Crippen LogP contribution in [-0.4, -0.2) is 78.2 Å². The maximum absolute atomic E-state index is 14.3. The van der Waals surface area contributed by atoms with Crippen molar-refractivity contribution in [1.29, 1.82) is 5.26 Å². The van der Waals surface area contributed by atoms with Gasteiger partial charge in [0, 0.05) is 24.3 Å². The molecule has 2 fully saturated rings. The van der Waals surface area contributed by atoms with Crippen LogP contribution in [-0.2, 0) is 0 Å². The van der Waals surface area contributed by atoms with Crippen LogP contribution in [0, 0.1) is 11.3 Å². The number of piperidine rings is 1. The van der Waals surface area contributed by atoms with Gasteiger partial charge in [-0.2, -0.15) is 10.4 Å². The second kappa shape index (κ2) is 10.1. The van der Waals surface area contributed by atoms with Gasteiger partial charge in [0.25, 0.3) is 5.91 Å². The van der Waals surface area contributed by atoms with Gasteiger partial charge in [-0.3, -0.25) is 9.78 Å². The number of fused-ring (bicyclic) bond motifs is 3. The van der Waals surface area contributed by atoms with E-state index in [-0.39, 0.29) is 30.2 Å². The third kappa shape index (κ3) is 5.22. The Labute approximate surface area is 224 Å². The van der Waals surface area contributed by atoms with Gasteiger partial charge >= 0.3 is 6.09 Å². The molecule has 12 heteroatoms. The van der Waals surface area contributed by atoms with E-state index in [1.165, 1.54) is 31.1 Å². The van der Waals surface area contributed by atoms with Gasteiger partial charge in [-0.1, -0.05) is 0 Å². The number of nitrogens with one attached hydrogen (secondary N) is 2. The first-order valence-corrected chi connectivity index (χ1v) is 12.9. The summed E-state index contributed by atoms with van der Waals surface area (Å²) in [5.41, 5.74) is 1.38. The highest BCUT2D eigenvalue weighted by molar-refractivity contribution is 6.00. The van der Waals surface area contributed by atoms with Crippen molar-refractivity contribution < 1.29 is 24.2 Å². The van der Waals surface area contributed by atoms with E-state index < -0.39 is 23.8 Å². The Morgan fingerprint density at radius 2 is 1.95 bits per heavy atom. The van der Waals surface area contributed by atoms with Crippen LogP contribution in [0.25, 0.3) is 16.9 Å². The van der Waals surface area contributed by atoms with Crippen molar-refractivity contribution >= 4 is 23.2 Å². The lowest BCUT2D eigenvalue weighted by molar-refractivity contribution is -0.00177. The average Bonchev–Trinajstić information content (AvgIpc) is 3.44. The lowest BCUT2D eigenvalue weighted by atomic mass is 9.97. The first kappa shape index (κ1) is 26.4. The number of aliphatic hydroxyl groups is 1. The van der Waals surface area contributed by atoms with Crippen LogP contribution >= 0.6 is 0 Å². The third-order valence-corrected chi connectivity index (χ3v) is 7.56. The maximum Gasteiger partial charge on any atom is 0.407 e. The predicted molar refractivity (Wildman–Crippen MR) is 140 cm³/mol. The van der Waals surface area contributed by atoms with Gasteiger partial charge in [0.1, 0.15) is 12.2 Å². The molecule has 2 aliphatic heterocycles. The quantitative estimate of drug-likeness (QED) is 0.359. The van der Waals surface area contributed by atoms with Gasteiger partial charge in [0.05, 0.1) is 52.1 Å². The Kier molecular flexibility index (Phi) is 6.86. The van der Waals surface area contributed by atoms with Crippen molar-refractivity contribution in [3.8, 4) is 17.5 Å².